The summed E-state index contributed by atoms with van der Waals surface area (Å²) in [6, 6.07) is 15.8. The van der Waals surface area contributed by atoms with E-state index in [1.54, 1.807) is 7.11 Å². The second-order valence-electron chi connectivity index (χ2n) is 7.27. The lowest BCUT2D eigenvalue weighted by molar-refractivity contribution is -0.120. The van der Waals surface area contributed by atoms with E-state index in [0.29, 0.717) is 18.4 Å². The van der Waals surface area contributed by atoms with Crippen LogP contribution in [0.2, 0.25) is 0 Å². The highest BCUT2D eigenvalue weighted by atomic mass is 16.5. The first-order valence-electron chi connectivity index (χ1n) is 9.73. The van der Waals surface area contributed by atoms with Gasteiger partial charge in [-0.25, -0.2) is 0 Å². The standard InChI is InChI=1S/C22H24N4O3/c1-15-5-9-18(10-6-15)23-21(27)17-4-3-13-26(14-17)22-24-20(25-29-22)16-7-11-19(28-2)12-8-16/h5-12,17H,3-4,13-14H2,1-2H3,(H,23,27)/t17-/m1/s1. The number of nitrogens with zero attached hydrogens (tertiary/aromatic N) is 3. The third-order valence-corrected chi connectivity index (χ3v) is 5.15. The molecule has 0 radical (unpaired) electrons. The molecule has 1 fully saturated rings. The van der Waals surface area contributed by atoms with Crippen LogP contribution in [0.15, 0.2) is 53.1 Å². The second-order valence-corrected chi connectivity index (χ2v) is 7.27. The van der Waals surface area contributed by atoms with Gasteiger partial charge in [0.25, 0.3) is 0 Å². The van der Waals surface area contributed by atoms with E-state index in [4.69, 9.17) is 9.26 Å². The number of methoxy groups -OCH3 is 1. The molecule has 1 aliphatic heterocycles. The number of aryl methyl sites for hydroxylation is 1. The number of aromatic nitrogens is 2. The molecule has 0 unspecified atom stereocenters. The minimum absolute atomic E-state index is 0.0217. The molecule has 29 heavy (non-hydrogen) atoms. The average Bonchev–Trinajstić information content (AvgIpc) is 3.26. The third kappa shape index (κ3) is 4.39. The summed E-state index contributed by atoms with van der Waals surface area (Å²) in [5.74, 6) is 1.19. The van der Waals surface area contributed by atoms with E-state index in [0.717, 1.165) is 42.0 Å². The van der Waals surface area contributed by atoms with Crippen LogP contribution in [0.1, 0.15) is 18.4 Å². The van der Waals surface area contributed by atoms with E-state index in [9.17, 15) is 4.79 Å². The number of anilines is 2. The molecule has 1 aliphatic rings. The van der Waals surface area contributed by atoms with Crippen LogP contribution in [0, 0.1) is 12.8 Å². The van der Waals surface area contributed by atoms with Crippen LogP contribution < -0.4 is 15.0 Å². The number of ether oxygens (including phenoxy) is 1. The van der Waals surface area contributed by atoms with Crippen molar-refractivity contribution in [2.75, 3.05) is 30.4 Å². The van der Waals surface area contributed by atoms with Gasteiger partial charge in [-0.05, 0) is 56.2 Å². The topological polar surface area (TPSA) is 80.5 Å². The number of carbonyl (C=O) groups excluding carboxylic acids is 1. The van der Waals surface area contributed by atoms with Gasteiger partial charge >= 0.3 is 6.01 Å². The Morgan fingerprint density at radius 2 is 1.93 bits per heavy atom. The molecule has 7 heteroatoms. The second kappa shape index (κ2) is 8.34. The molecule has 3 aromatic rings. The molecule has 2 heterocycles. The number of carbonyl (C=O) groups is 1. The maximum atomic E-state index is 12.7. The maximum Gasteiger partial charge on any atom is 0.324 e. The Balaban J connectivity index is 1.42. The zero-order valence-electron chi connectivity index (χ0n) is 16.6. The first-order valence-corrected chi connectivity index (χ1v) is 9.73. The monoisotopic (exact) mass is 392 g/mol. The molecule has 0 bridgehead atoms. The molecule has 2 aromatic carbocycles. The van der Waals surface area contributed by atoms with E-state index in [-0.39, 0.29) is 11.8 Å². The van der Waals surface area contributed by atoms with Gasteiger partial charge in [-0.2, -0.15) is 4.98 Å². The first kappa shape index (κ1) is 19.0. The Hall–Kier alpha value is -3.35. The summed E-state index contributed by atoms with van der Waals surface area (Å²) in [5, 5.41) is 7.10. The lowest BCUT2D eigenvalue weighted by Crippen LogP contribution is -2.41. The number of hydrogen-bond acceptors (Lipinski definition) is 6. The molecule has 0 saturated carbocycles. The molecule has 0 aliphatic carbocycles. The predicted molar refractivity (Wildman–Crippen MR) is 111 cm³/mol. The summed E-state index contributed by atoms with van der Waals surface area (Å²) in [4.78, 5) is 19.2. The zero-order valence-corrected chi connectivity index (χ0v) is 16.6. The van der Waals surface area contributed by atoms with Gasteiger partial charge in [0.15, 0.2) is 0 Å². The molecule has 4 rings (SSSR count). The fourth-order valence-corrected chi connectivity index (χ4v) is 3.45. The number of piperidine rings is 1. The van der Waals surface area contributed by atoms with Gasteiger partial charge in [-0.15, -0.1) is 0 Å². The fourth-order valence-electron chi connectivity index (χ4n) is 3.45. The highest BCUT2D eigenvalue weighted by Crippen LogP contribution is 2.26. The number of hydrogen-bond donors (Lipinski definition) is 1. The van der Waals surface area contributed by atoms with Crippen LogP contribution in [0.3, 0.4) is 0 Å². The van der Waals surface area contributed by atoms with Crippen LogP contribution >= 0.6 is 0 Å². The van der Waals surface area contributed by atoms with Crippen molar-refractivity contribution in [1.82, 2.24) is 10.1 Å². The summed E-state index contributed by atoms with van der Waals surface area (Å²) in [5.41, 5.74) is 2.83. The van der Waals surface area contributed by atoms with Crippen molar-refractivity contribution in [3.8, 4) is 17.1 Å². The van der Waals surface area contributed by atoms with Crippen molar-refractivity contribution >= 4 is 17.6 Å². The first-order chi connectivity index (χ1) is 14.1. The van der Waals surface area contributed by atoms with Crippen LogP contribution in [0.25, 0.3) is 11.4 Å². The van der Waals surface area contributed by atoms with Crippen molar-refractivity contribution in [1.29, 1.82) is 0 Å². The van der Waals surface area contributed by atoms with Crippen molar-refractivity contribution in [2.24, 2.45) is 5.92 Å². The molecule has 1 N–H and O–H groups in total. The molecule has 1 aromatic heterocycles. The summed E-state index contributed by atoms with van der Waals surface area (Å²) in [6.45, 7) is 3.37. The van der Waals surface area contributed by atoms with Crippen molar-refractivity contribution in [3.63, 3.8) is 0 Å². The van der Waals surface area contributed by atoms with Crippen LogP contribution in [0.4, 0.5) is 11.7 Å². The van der Waals surface area contributed by atoms with Gasteiger partial charge in [0.2, 0.25) is 11.7 Å². The van der Waals surface area contributed by atoms with Crippen LogP contribution in [0.5, 0.6) is 5.75 Å². The Morgan fingerprint density at radius 1 is 1.17 bits per heavy atom. The summed E-state index contributed by atoms with van der Waals surface area (Å²) in [6.07, 6.45) is 1.74. The zero-order chi connectivity index (χ0) is 20.2. The molecular formula is C22H24N4O3. The minimum atomic E-state index is -0.124. The highest BCUT2D eigenvalue weighted by molar-refractivity contribution is 5.93. The summed E-state index contributed by atoms with van der Waals surface area (Å²) < 4.78 is 10.7. The van der Waals surface area contributed by atoms with Gasteiger partial charge in [-0.3, -0.25) is 4.79 Å². The number of benzene rings is 2. The van der Waals surface area contributed by atoms with Gasteiger partial charge in [0.05, 0.1) is 13.0 Å². The van der Waals surface area contributed by atoms with Crippen LogP contribution in [-0.4, -0.2) is 36.2 Å². The SMILES string of the molecule is COc1ccc(-c2noc(N3CCC[C@@H](C(=O)Nc4ccc(C)cc4)C3)n2)cc1. The van der Waals surface area contributed by atoms with E-state index in [1.165, 1.54) is 0 Å². The van der Waals surface area contributed by atoms with Gasteiger partial charge in [0.1, 0.15) is 5.75 Å². The Kier molecular flexibility index (Phi) is 5.46. The van der Waals surface area contributed by atoms with E-state index in [1.807, 2.05) is 60.4 Å². The Morgan fingerprint density at radius 3 is 2.66 bits per heavy atom. The Bertz CT molecular complexity index is 966. The summed E-state index contributed by atoms with van der Waals surface area (Å²) >= 11 is 0. The minimum Gasteiger partial charge on any atom is -0.497 e. The van der Waals surface area contributed by atoms with Crippen molar-refractivity contribution in [3.05, 3.63) is 54.1 Å². The van der Waals surface area contributed by atoms with Gasteiger partial charge < -0.3 is 19.5 Å². The molecule has 150 valence electrons. The lowest BCUT2D eigenvalue weighted by Gasteiger charge is -2.30. The average molecular weight is 392 g/mol. The highest BCUT2D eigenvalue weighted by Gasteiger charge is 2.28. The predicted octanol–water partition coefficient (Wildman–Crippen LogP) is 3.91. The maximum absolute atomic E-state index is 12.7. The molecule has 7 nitrogen and oxygen atoms in total. The summed E-state index contributed by atoms with van der Waals surface area (Å²) in [7, 11) is 1.63. The fraction of sp³-hybridized carbons (Fsp3) is 0.318. The third-order valence-electron chi connectivity index (χ3n) is 5.15. The molecular weight excluding hydrogens is 368 g/mol. The van der Waals surface area contributed by atoms with Crippen LogP contribution in [-0.2, 0) is 4.79 Å². The van der Waals surface area contributed by atoms with E-state index >= 15 is 0 Å². The molecule has 0 spiro atoms. The Labute approximate surface area is 169 Å². The van der Waals surface area contributed by atoms with Gasteiger partial charge in [-0.1, -0.05) is 22.9 Å². The number of amides is 1. The molecule has 1 atom stereocenters. The van der Waals surface area contributed by atoms with E-state index in [2.05, 4.69) is 15.5 Å². The normalized spacial score (nSPS) is 16.5. The number of nitrogens with one attached hydrogen (secondary N) is 1. The van der Waals surface area contributed by atoms with Crippen molar-refractivity contribution < 1.29 is 14.1 Å². The smallest absolute Gasteiger partial charge is 0.324 e. The van der Waals surface area contributed by atoms with E-state index < -0.39 is 0 Å². The quantitative estimate of drug-likeness (QED) is 0.709. The largest absolute Gasteiger partial charge is 0.497 e. The lowest BCUT2D eigenvalue weighted by atomic mass is 9.97. The van der Waals surface area contributed by atoms with Crippen molar-refractivity contribution in [2.45, 2.75) is 19.8 Å². The molecule has 1 saturated heterocycles. The molecule has 1 amide bonds. The number of rotatable bonds is 5. The van der Waals surface area contributed by atoms with Gasteiger partial charge in [0, 0.05) is 24.3 Å².